The van der Waals surface area contributed by atoms with Gasteiger partial charge in [-0.2, -0.15) is 0 Å². The molecule has 11 aromatic rings. The van der Waals surface area contributed by atoms with E-state index in [0.29, 0.717) is 74.5 Å². The van der Waals surface area contributed by atoms with E-state index < -0.39 is 57.7 Å². The van der Waals surface area contributed by atoms with E-state index in [0.717, 1.165) is 260 Å². The minimum absolute atomic E-state index is 0.0680. The first kappa shape index (κ1) is 104. The molecule has 0 bridgehead atoms. The molecule has 0 aliphatic heterocycles. The van der Waals surface area contributed by atoms with Gasteiger partial charge in [0.25, 0.3) is 0 Å². The monoisotopic (exact) mass is 1900 g/mol. The molecule has 19 heteroatoms. The van der Waals surface area contributed by atoms with Crippen molar-refractivity contribution in [2.45, 2.75) is 389 Å². The quantitative estimate of drug-likeness (QED) is 0.0217. The highest BCUT2D eigenvalue weighted by atomic mass is 32.1. The van der Waals surface area contributed by atoms with Crippen molar-refractivity contribution in [3.63, 3.8) is 0 Å². The summed E-state index contributed by atoms with van der Waals surface area (Å²) in [7, 11) is 0. The lowest BCUT2D eigenvalue weighted by molar-refractivity contribution is 0.400. The summed E-state index contributed by atoms with van der Waals surface area (Å²) < 4.78 is 144. The molecule has 0 aliphatic carbocycles. The largest absolute Gasteiger partial charge is 0.242 e. The van der Waals surface area contributed by atoms with Crippen LogP contribution in [0.15, 0.2) is 71.4 Å². The summed E-state index contributed by atoms with van der Waals surface area (Å²) in [6, 6.07) is 16.8. The second-order valence-electron chi connectivity index (χ2n) is 37.0. The van der Waals surface area contributed by atoms with Crippen LogP contribution in [0, 0.1) is 70.2 Å². The Labute approximate surface area is 796 Å². The summed E-state index contributed by atoms with van der Waals surface area (Å²) in [6.07, 6.45) is 57.0. The summed E-state index contributed by atoms with van der Waals surface area (Å²) in [5, 5.41) is 3.72. The molecular weight excluding hydrogens is 1750 g/mol. The molecular formula is C110H146F8N4S7. The third-order valence-electron chi connectivity index (χ3n) is 26.5. The van der Waals surface area contributed by atoms with Gasteiger partial charge < -0.3 is 0 Å². The van der Waals surface area contributed by atoms with Crippen molar-refractivity contribution in [2.75, 3.05) is 0 Å². The predicted octanol–water partition coefficient (Wildman–Crippen LogP) is 40.5. The number of hydrogen-bond donors (Lipinski definition) is 0. The number of fused-ring (bicyclic) bond motifs is 2. The Morgan fingerprint density at radius 3 is 0.760 bits per heavy atom. The van der Waals surface area contributed by atoms with Crippen LogP contribution in [0.5, 0.6) is 0 Å². The van der Waals surface area contributed by atoms with Gasteiger partial charge in [-0.15, -0.1) is 79.4 Å². The van der Waals surface area contributed by atoms with E-state index in [1.54, 1.807) is 23.6 Å². The van der Waals surface area contributed by atoms with E-state index in [2.05, 4.69) is 55.4 Å². The fraction of sp³-hybridized carbons (Fsp3) is 0.582. The third-order valence-corrected chi connectivity index (χ3v) is 34.1. The number of halogens is 8. The second kappa shape index (κ2) is 55.9. The van der Waals surface area contributed by atoms with Gasteiger partial charge in [0.1, 0.15) is 68.1 Å². The zero-order valence-electron chi connectivity index (χ0n) is 78.8. The fourth-order valence-electron chi connectivity index (χ4n) is 18.9. The molecule has 4 nitrogen and oxygen atoms in total. The average Bonchev–Trinajstić information content (AvgIpc) is 1.69. The SMILES string of the molecule is CCCCCCCCC(CCCCCC)Cc1sc(-c2nc3c(/C=C/c4c(F)c(F)c(-c5ccc(-c6cccs6)s5)c5nc(-c6cc(F)c(CC(CCCCCC)CCCCCCCC)s6)c(-c6cc(F)c(CC(CCCCCC)CCCCCCCC)s6)nc45)c(F)c(F)c(-c4cccs4)c3nc2-c2cc(F)c(CC(CCCCCC)CCCCCCCC)s2)cc1F. The lowest BCUT2D eigenvalue weighted by Crippen LogP contribution is -2.05. The second-order valence-corrected chi connectivity index (χ2v) is 44.5. The van der Waals surface area contributed by atoms with Crippen LogP contribution >= 0.6 is 79.4 Å². The molecule has 0 amide bonds. The number of thiophene rings is 7. The number of unbranched alkanes of at least 4 members (excludes halogenated alkanes) is 32. The van der Waals surface area contributed by atoms with E-state index in [9.17, 15) is 0 Å². The van der Waals surface area contributed by atoms with E-state index in [1.807, 2.05) is 23.6 Å². The zero-order chi connectivity index (χ0) is 91.2. The number of benzene rings is 2. The van der Waals surface area contributed by atoms with Gasteiger partial charge >= 0.3 is 0 Å². The first-order valence-corrected chi connectivity index (χ1v) is 56.3. The van der Waals surface area contributed by atoms with Crippen molar-refractivity contribution >= 4 is 114 Å². The molecule has 0 saturated carbocycles. The third kappa shape index (κ3) is 30.1. The van der Waals surface area contributed by atoms with Crippen molar-refractivity contribution in [1.29, 1.82) is 0 Å². The van der Waals surface area contributed by atoms with Crippen molar-refractivity contribution in [3.05, 3.63) is 149 Å². The maximum atomic E-state index is 18.8. The number of nitrogens with zero attached hydrogens (tertiary/aromatic N) is 4. The van der Waals surface area contributed by atoms with E-state index in [-0.39, 0.29) is 79.6 Å². The van der Waals surface area contributed by atoms with Crippen molar-refractivity contribution in [1.82, 2.24) is 19.9 Å². The number of aromatic nitrogens is 4. The number of hydrogen-bond acceptors (Lipinski definition) is 11. The first-order chi connectivity index (χ1) is 63.0. The molecule has 9 heterocycles. The van der Waals surface area contributed by atoms with Crippen LogP contribution in [0.4, 0.5) is 35.1 Å². The van der Waals surface area contributed by atoms with Gasteiger partial charge in [-0.1, -0.05) is 376 Å². The van der Waals surface area contributed by atoms with Gasteiger partial charge in [0.15, 0.2) is 23.3 Å². The minimum atomic E-state index is -1.35. The van der Waals surface area contributed by atoms with Gasteiger partial charge in [0, 0.05) is 50.1 Å². The summed E-state index contributed by atoms with van der Waals surface area (Å²) >= 11 is 9.05. The normalized spacial score (nSPS) is 13.0. The molecule has 704 valence electrons. The Morgan fingerprint density at radius 2 is 0.488 bits per heavy atom. The molecule has 2 aromatic carbocycles. The van der Waals surface area contributed by atoms with Crippen molar-refractivity contribution in [3.8, 4) is 72.9 Å². The van der Waals surface area contributed by atoms with E-state index >= 15 is 35.1 Å². The Balaban J connectivity index is 1.13. The maximum Gasteiger partial charge on any atom is 0.170 e. The van der Waals surface area contributed by atoms with Crippen LogP contribution in [0.2, 0.25) is 0 Å². The summed E-state index contributed by atoms with van der Waals surface area (Å²) in [6.45, 7) is 17.7. The van der Waals surface area contributed by atoms with Crippen LogP contribution in [0.25, 0.3) is 107 Å². The predicted molar refractivity (Wildman–Crippen MR) is 547 cm³/mol. The first-order valence-electron chi connectivity index (χ1n) is 50.5. The molecule has 11 rings (SSSR count). The highest BCUT2D eigenvalue weighted by molar-refractivity contribution is 7.23. The van der Waals surface area contributed by atoms with Crippen molar-refractivity contribution < 1.29 is 35.1 Å². The Bertz CT molecular complexity index is 5140. The molecule has 129 heavy (non-hydrogen) atoms. The van der Waals surface area contributed by atoms with Gasteiger partial charge in [0.2, 0.25) is 0 Å². The summed E-state index contributed by atoms with van der Waals surface area (Å²) in [4.78, 5) is 28.0. The zero-order valence-corrected chi connectivity index (χ0v) is 84.5. The average molecular weight is 1900 g/mol. The lowest BCUT2D eigenvalue weighted by atomic mass is 9.91. The molecule has 0 aliphatic rings. The molecule has 0 fully saturated rings. The number of rotatable bonds is 65. The lowest BCUT2D eigenvalue weighted by Gasteiger charge is -2.17. The Hall–Kier alpha value is -5.80. The van der Waals surface area contributed by atoms with Crippen LogP contribution in [-0.4, -0.2) is 19.9 Å². The minimum Gasteiger partial charge on any atom is -0.242 e. The smallest absolute Gasteiger partial charge is 0.170 e. The van der Waals surface area contributed by atoms with E-state index in [4.69, 9.17) is 19.9 Å². The van der Waals surface area contributed by atoms with Crippen LogP contribution in [0.1, 0.15) is 394 Å². The van der Waals surface area contributed by atoms with Crippen LogP contribution in [0.3, 0.4) is 0 Å². The molecule has 0 radical (unpaired) electrons. The highest BCUT2D eigenvalue weighted by Crippen LogP contribution is 2.50. The molecule has 0 spiro atoms. The summed E-state index contributed by atoms with van der Waals surface area (Å²) in [5.41, 5.74) is -1.06. The highest BCUT2D eigenvalue weighted by Gasteiger charge is 2.33. The van der Waals surface area contributed by atoms with Gasteiger partial charge in [-0.05, 0) is 121 Å². The fourth-order valence-corrected chi connectivity index (χ4v) is 26.1. The topological polar surface area (TPSA) is 51.6 Å². The molecule has 9 aromatic heterocycles. The molecule has 4 unspecified atom stereocenters. The molecule has 4 atom stereocenters. The van der Waals surface area contributed by atoms with E-state index in [1.165, 1.54) is 174 Å². The Kier molecular flexibility index (Phi) is 44.9. The molecule has 0 saturated heterocycles. The molecule has 0 N–H and O–H groups in total. The maximum absolute atomic E-state index is 18.8. The Morgan fingerprint density at radius 1 is 0.248 bits per heavy atom. The van der Waals surface area contributed by atoms with Gasteiger partial charge in [-0.3, -0.25) is 0 Å². The van der Waals surface area contributed by atoms with Gasteiger partial charge in [-0.25, -0.2) is 55.1 Å². The van der Waals surface area contributed by atoms with Crippen LogP contribution < -0.4 is 0 Å². The standard InChI is InChI=1S/C110H146F8N4S7/c1-9-17-25-33-37-45-55-75(51-41-29-21-13-5)67-89-81(111)71-93(126-89)105-107(95-73-83(113)91(128-95)69-77(53-43-31-23-15-7)57-47-39-35-27-19-11-3)121-109-97(87-60-50-66-124-87)101(117)99(115)79(103(109)119-105)61-62-80-100(116)102(118)98(88-64-63-86(125-88)85-59-49-65-123-85)110-104(80)120-106(94-72-82(112)90(127-94)68-76(52-42-30-22-14-6)56-46-38-34-26-18-10-2)108(122-110)96-74-84(114)92(129-96)70-78(54-44-32-24-16-8)58-48-40-36-28-20-12-4/h49-50,59-66,71-78H,9-48,51-58,67-70H2,1-8H3/b62-61+. The summed E-state index contributed by atoms with van der Waals surface area (Å²) in [5.74, 6) is -6.00. The van der Waals surface area contributed by atoms with Crippen molar-refractivity contribution in [2.24, 2.45) is 23.7 Å². The van der Waals surface area contributed by atoms with Gasteiger partial charge in [0.05, 0.1) is 30.6 Å². The van der Waals surface area contributed by atoms with Crippen LogP contribution in [-0.2, 0) is 25.7 Å².